The first-order valence-electron chi connectivity index (χ1n) is 3.83. The predicted octanol–water partition coefficient (Wildman–Crippen LogP) is 1.88. The summed E-state index contributed by atoms with van der Waals surface area (Å²) in [6.45, 7) is 0. The zero-order valence-corrected chi connectivity index (χ0v) is 9.59. The van der Waals surface area contributed by atoms with Gasteiger partial charge in [0.05, 0.1) is 0 Å². The van der Waals surface area contributed by atoms with Gasteiger partial charge in [0, 0.05) is 39.0 Å². The molecule has 0 aliphatic carbocycles. The van der Waals surface area contributed by atoms with Crippen molar-refractivity contribution in [2.24, 2.45) is 7.05 Å². The van der Waals surface area contributed by atoms with Crippen molar-refractivity contribution in [3.8, 4) is 11.3 Å². The third kappa shape index (κ3) is 2.27. The van der Waals surface area contributed by atoms with Gasteiger partial charge in [0.25, 0.3) is 0 Å². The smallest absolute Gasteiger partial charge is 0.0288 e. The number of aromatic nitrogens is 2. The minimum Gasteiger partial charge on any atom is -0.285 e. The van der Waals surface area contributed by atoms with Crippen LogP contribution in [0.4, 0.5) is 0 Å². The van der Waals surface area contributed by atoms with E-state index in [-0.39, 0.29) is 20.1 Å². The topological polar surface area (TPSA) is 17.8 Å². The molecule has 0 aliphatic rings. The van der Waals surface area contributed by atoms with E-state index in [1.165, 1.54) is 0 Å². The van der Waals surface area contributed by atoms with Gasteiger partial charge in [-0.1, -0.05) is 6.07 Å². The molecule has 13 heavy (non-hydrogen) atoms. The molecular formula is C10H9IrN2-. The van der Waals surface area contributed by atoms with Crippen LogP contribution in [-0.2, 0) is 27.2 Å². The van der Waals surface area contributed by atoms with Gasteiger partial charge in [0.15, 0.2) is 0 Å². The van der Waals surface area contributed by atoms with E-state index in [0.717, 1.165) is 11.3 Å². The molecule has 1 radical (unpaired) electrons. The Hall–Kier alpha value is -0.921. The molecule has 0 amide bonds. The molecule has 69 valence electrons. The molecular weight excluding hydrogens is 340 g/mol. The van der Waals surface area contributed by atoms with Crippen LogP contribution in [0.3, 0.4) is 0 Å². The third-order valence-corrected chi connectivity index (χ3v) is 1.70. The Morgan fingerprint density at radius 2 is 2.15 bits per heavy atom. The van der Waals surface area contributed by atoms with Crippen LogP contribution in [0.2, 0.25) is 0 Å². The van der Waals surface area contributed by atoms with Crippen molar-refractivity contribution in [3.63, 3.8) is 0 Å². The fraction of sp³-hybridized carbons (Fsp3) is 0.100. The number of hydrogen-bond acceptors (Lipinski definition) is 1. The summed E-state index contributed by atoms with van der Waals surface area (Å²) < 4.78 is 1.79. The molecule has 2 rings (SSSR count). The van der Waals surface area contributed by atoms with Crippen LogP contribution in [0.1, 0.15) is 0 Å². The molecule has 0 fully saturated rings. The van der Waals surface area contributed by atoms with Crippen LogP contribution in [0.15, 0.2) is 36.5 Å². The Morgan fingerprint density at radius 1 is 1.31 bits per heavy atom. The largest absolute Gasteiger partial charge is 0.285 e. The molecule has 0 spiro atoms. The van der Waals surface area contributed by atoms with Gasteiger partial charge >= 0.3 is 0 Å². The van der Waals surface area contributed by atoms with E-state index in [0.29, 0.717) is 0 Å². The van der Waals surface area contributed by atoms with E-state index in [2.05, 4.69) is 11.2 Å². The first-order valence-corrected chi connectivity index (χ1v) is 3.83. The zero-order chi connectivity index (χ0) is 8.39. The summed E-state index contributed by atoms with van der Waals surface area (Å²) in [7, 11) is 1.91. The quantitative estimate of drug-likeness (QED) is 0.719. The van der Waals surface area contributed by atoms with Crippen molar-refractivity contribution in [3.05, 3.63) is 42.6 Å². The van der Waals surface area contributed by atoms with Gasteiger partial charge in [-0.2, -0.15) is 0 Å². The second-order valence-corrected chi connectivity index (χ2v) is 2.65. The van der Waals surface area contributed by atoms with Crippen LogP contribution in [0.25, 0.3) is 11.3 Å². The molecule has 2 aromatic rings. The minimum atomic E-state index is 0. The maximum atomic E-state index is 4.27. The summed E-state index contributed by atoms with van der Waals surface area (Å²) in [5.74, 6) is 0. The van der Waals surface area contributed by atoms with E-state index < -0.39 is 0 Å². The monoisotopic (exact) mass is 350 g/mol. The molecule has 0 saturated carbocycles. The minimum absolute atomic E-state index is 0. The molecule has 0 atom stereocenters. The number of rotatable bonds is 1. The molecule has 1 aromatic carbocycles. The molecule has 0 bridgehead atoms. The summed E-state index contributed by atoms with van der Waals surface area (Å²) in [5.41, 5.74) is 2.01. The summed E-state index contributed by atoms with van der Waals surface area (Å²) in [6.07, 6.45) is 1.93. The predicted molar refractivity (Wildman–Crippen MR) is 47.5 cm³/mol. The van der Waals surface area contributed by atoms with Gasteiger partial charge in [-0.15, -0.1) is 35.9 Å². The first-order chi connectivity index (χ1) is 5.86. The molecule has 0 saturated heterocycles. The molecule has 2 nitrogen and oxygen atoms in total. The Balaban J connectivity index is 0.000000845. The molecule has 3 heteroatoms. The van der Waals surface area contributed by atoms with Crippen molar-refractivity contribution in [2.75, 3.05) is 0 Å². The van der Waals surface area contributed by atoms with E-state index in [9.17, 15) is 0 Å². The van der Waals surface area contributed by atoms with Gasteiger partial charge in [0.2, 0.25) is 0 Å². The Labute approximate surface area is 90.9 Å². The van der Waals surface area contributed by atoms with Crippen molar-refractivity contribution in [1.29, 1.82) is 0 Å². The van der Waals surface area contributed by atoms with Crippen LogP contribution in [0, 0.1) is 6.07 Å². The second-order valence-electron chi connectivity index (χ2n) is 2.65. The van der Waals surface area contributed by atoms with E-state index in [1.807, 2.05) is 43.6 Å². The fourth-order valence-electron chi connectivity index (χ4n) is 1.11. The van der Waals surface area contributed by atoms with Crippen molar-refractivity contribution in [1.82, 2.24) is 9.78 Å². The van der Waals surface area contributed by atoms with Gasteiger partial charge in [-0.25, -0.2) is 5.10 Å². The van der Waals surface area contributed by atoms with Gasteiger partial charge in [-0.3, -0.25) is 4.68 Å². The molecule has 0 aliphatic heterocycles. The number of aryl methyl sites for hydroxylation is 1. The summed E-state index contributed by atoms with van der Waals surface area (Å²) >= 11 is 0. The summed E-state index contributed by atoms with van der Waals surface area (Å²) in [6, 6.07) is 12.9. The van der Waals surface area contributed by atoms with Crippen molar-refractivity contribution in [2.45, 2.75) is 0 Å². The fourth-order valence-corrected chi connectivity index (χ4v) is 1.11. The average Bonchev–Trinajstić information content (AvgIpc) is 2.54. The summed E-state index contributed by atoms with van der Waals surface area (Å²) in [4.78, 5) is 0. The molecule has 1 heterocycles. The van der Waals surface area contributed by atoms with Crippen molar-refractivity contribution < 1.29 is 20.1 Å². The third-order valence-electron chi connectivity index (χ3n) is 1.70. The maximum absolute atomic E-state index is 4.27. The summed E-state index contributed by atoms with van der Waals surface area (Å²) in [5, 5.41) is 4.27. The normalized spacial score (nSPS) is 9.31. The Kier molecular flexibility index (Phi) is 3.40. The SMILES string of the molecule is Cn1ccc(-c2[c-]cccc2)n1.[Ir]. The second kappa shape index (κ2) is 4.35. The molecule has 0 unspecified atom stereocenters. The molecule has 1 aromatic heterocycles. The number of benzene rings is 1. The van der Waals surface area contributed by atoms with Crippen molar-refractivity contribution >= 4 is 0 Å². The van der Waals surface area contributed by atoms with Gasteiger partial charge < -0.3 is 0 Å². The van der Waals surface area contributed by atoms with Crippen LogP contribution in [-0.4, -0.2) is 9.78 Å². The number of hydrogen-bond donors (Lipinski definition) is 0. The molecule has 0 N–H and O–H groups in total. The van der Waals surface area contributed by atoms with E-state index >= 15 is 0 Å². The average molecular weight is 349 g/mol. The maximum Gasteiger partial charge on any atom is 0.0288 e. The van der Waals surface area contributed by atoms with Crippen LogP contribution < -0.4 is 0 Å². The first kappa shape index (κ1) is 10.2. The van der Waals surface area contributed by atoms with Crippen LogP contribution in [0.5, 0.6) is 0 Å². The number of nitrogens with zero attached hydrogens (tertiary/aromatic N) is 2. The van der Waals surface area contributed by atoms with Gasteiger partial charge in [-0.05, 0) is 0 Å². The zero-order valence-electron chi connectivity index (χ0n) is 7.19. The Bertz CT molecular complexity index is 367. The van der Waals surface area contributed by atoms with E-state index in [4.69, 9.17) is 0 Å². The Morgan fingerprint density at radius 3 is 2.69 bits per heavy atom. The standard InChI is InChI=1S/C10H9N2.Ir/c1-12-8-7-10(11-12)9-5-3-2-4-6-9;/h2-5,7-8H,1H3;/q-1;. The van der Waals surface area contributed by atoms with Crippen LogP contribution >= 0.6 is 0 Å². The van der Waals surface area contributed by atoms with Gasteiger partial charge in [0.1, 0.15) is 0 Å². The van der Waals surface area contributed by atoms with E-state index in [1.54, 1.807) is 4.68 Å².